The van der Waals surface area contributed by atoms with Gasteiger partial charge in [0, 0.05) is 24.3 Å². The molecule has 2 aromatic carbocycles. The van der Waals surface area contributed by atoms with Crippen molar-refractivity contribution >= 4 is 38.1 Å². The molecule has 14 heteroatoms. The number of aryl methyl sites for hydroxylation is 1. The van der Waals surface area contributed by atoms with Gasteiger partial charge >= 0.3 is 6.18 Å². The molecule has 0 aliphatic rings. The third-order valence-corrected chi connectivity index (χ3v) is 7.72. The number of alkyl halides is 3. The largest absolute Gasteiger partial charge is 0.417 e. The fourth-order valence-corrected chi connectivity index (χ4v) is 5.44. The molecule has 3 aromatic rings. The average Bonchev–Trinajstić information content (AvgIpc) is 3.27. The number of anilines is 2. The number of halogens is 3. The first-order valence-electron chi connectivity index (χ1n) is 11.3. The zero-order chi connectivity index (χ0) is 28.8. The van der Waals surface area contributed by atoms with Crippen LogP contribution in [0.5, 0.6) is 0 Å². The van der Waals surface area contributed by atoms with Gasteiger partial charge in [0.2, 0.25) is 10.0 Å². The molecule has 0 saturated heterocycles. The minimum Gasteiger partial charge on any atom is -0.385 e. The van der Waals surface area contributed by atoms with Crippen LogP contribution in [-0.4, -0.2) is 38.8 Å². The van der Waals surface area contributed by atoms with Gasteiger partial charge < -0.3 is 9.64 Å². The Balaban J connectivity index is 1.98. The summed E-state index contributed by atoms with van der Waals surface area (Å²) in [6.07, 6.45) is -4.51. The minimum absolute atomic E-state index is 0.0396. The minimum atomic E-state index is -4.70. The van der Waals surface area contributed by atoms with E-state index in [0.717, 1.165) is 23.5 Å². The van der Waals surface area contributed by atoms with Gasteiger partial charge in [-0.1, -0.05) is 6.07 Å². The van der Waals surface area contributed by atoms with Crippen LogP contribution in [0.15, 0.2) is 42.5 Å². The summed E-state index contributed by atoms with van der Waals surface area (Å²) in [5.74, 6) is -1.25. The molecule has 0 spiro atoms. The molecule has 0 radical (unpaired) electrons. The normalized spacial score (nSPS) is 11.5. The Morgan fingerprint density at radius 1 is 1.15 bits per heavy atom. The number of thiazole rings is 1. The van der Waals surface area contributed by atoms with Gasteiger partial charge in [-0.2, -0.15) is 23.7 Å². The number of amides is 1. The van der Waals surface area contributed by atoms with Gasteiger partial charge in [0.25, 0.3) is 5.91 Å². The summed E-state index contributed by atoms with van der Waals surface area (Å²) >= 11 is 1.07. The molecule has 0 aliphatic carbocycles. The lowest BCUT2D eigenvalue weighted by molar-refractivity contribution is -0.137. The number of nitrogens with one attached hydrogen (secondary N) is 1. The van der Waals surface area contributed by atoms with E-state index in [9.17, 15) is 31.6 Å². The van der Waals surface area contributed by atoms with E-state index >= 15 is 0 Å². The van der Waals surface area contributed by atoms with Crippen molar-refractivity contribution in [3.8, 4) is 12.1 Å². The molecule has 0 fully saturated rings. The molecule has 0 saturated carbocycles. The maximum absolute atomic E-state index is 13.3. The number of nitriles is 2. The highest BCUT2D eigenvalue weighted by Gasteiger charge is 2.33. The molecule has 39 heavy (non-hydrogen) atoms. The molecule has 1 N–H and O–H groups in total. The van der Waals surface area contributed by atoms with E-state index in [1.54, 1.807) is 30.0 Å². The molecule has 9 nitrogen and oxygen atoms in total. The van der Waals surface area contributed by atoms with Crippen LogP contribution in [-0.2, 0) is 27.5 Å². The zero-order valence-corrected chi connectivity index (χ0v) is 22.4. The highest BCUT2D eigenvalue weighted by Crippen LogP contribution is 2.35. The smallest absolute Gasteiger partial charge is 0.385 e. The lowest BCUT2D eigenvalue weighted by Gasteiger charge is -2.23. The highest BCUT2D eigenvalue weighted by molar-refractivity contribution is 7.90. The number of carbonyl (C=O) groups excluding carboxylic acids is 1. The molecule has 3 rings (SSSR count). The summed E-state index contributed by atoms with van der Waals surface area (Å²) in [7, 11) is -2.52. The standard InChI is InChI=1S/C25H22F3N5O4S2/c1-16-22(23(34)32-39(35,36)11-3-10-37-2)31-24(38-16)33(20-7-4-17(13-29)5-8-20)15-18-6-9-21(25(26,27)28)19(12-18)14-30/h4-9,12H,3,10-11,15H2,1-2H3,(H,32,34). The van der Waals surface area contributed by atoms with E-state index in [0.29, 0.717) is 21.7 Å². The number of hydrogen-bond acceptors (Lipinski definition) is 9. The quantitative estimate of drug-likeness (QED) is 0.344. The first kappa shape index (κ1) is 29.6. The zero-order valence-electron chi connectivity index (χ0n) is 20.7. The van der Waals surface area contributed by atoms with Crippen LogP contribution in [0, 0.1) is 29.6 Å². The van der Waals surface area contributed by atoms with Crippen molar-refractivity contribution in [3.63, 3.8) is 0 Å². The van der Waals surface area contributed by atoms with E-state index in [1.807, 2.05) is 10.8 Å². The lowest BCUT2D eigenvalue weighted by Crippen LogP contribution is -2.33. The lowest BCUT2D eigenvalue weighted by atomic mass is 10.0. The predicted molar refractivity (Wildman–Crippen MR) is 138 cm³/mol. The number of ether oxygens (including phenoxy) is 1. The van der Waals surface area contributed by atoms with Crippen LogP contribution in [0.2, 0.25) is 0 Å². The Bertz CT molecular complexity index is 1540. The monoisotopic (exact) mass is 577 g/mol. The highest BCUT2D eigenvalue weighted by atomic mass is 32.2. The number of nitrogens with zero attached hydrogens (tertiary/aromatic N) is 4. The van der Waals surface area contributed by atoms with Gasteiger partial charge in [0.05, 0.1) is 41.1 Å². The van der Waals surface area contributed by atoms with Gasteiger partial charge in [0.1, 0.15) is 5.69 Å². The van der Waals surface area contributed by atoms with Gasteiger partial charge in [-0.3, -0.25) is 4.79 Å². The van der Waals surface area contributed by atoms with E-state index in [4.69, 9.17) is 10.00 Å². The fourth-order valence-electron chi connectivity index (χ4n) is 3.54. The third-order valence-electron chi connectivity index (χ3n) is 5.40. The number of sulfonamides is 1. The molecule has 0 unspecified atom stereocenters. The van der Waals surface area contributed by atoms with E-state index in [-0.39, 0.29) is 36.2 Å². The van der Waals surface area contributed by atoms with Crippen molar-refractivity contribution in [3.05, 3.63) is 75.3 Å². The van der Waals surface area contributed by atoms with Crippen LogP contribution in [0.3, 0.4) is 0 Å². The molecular formula is C25H22F3N5O4S2. The third kappa shape index (κ3) is 7.54. The Morgan fingerprint density at radius 2 is 1.85 bits per heavy atom. The van der Waals surface area contributed by atoms with Crippen LogP contribution >= 0.6 is 11.3 Å². The Kier molecular flexibility index (Phi) is 9.29. The second-order valence-electron chi connectivity index (χ2n) is 8.23. The van der Waals surface area contributed by atoms with E-state index in [1.165, 1.54) is 25.3 Å². The molecule has 1 amide bonds. The van der Waals surface area contributed by atoms with Crippen molar-refractivity contribution in [2.24, 2.45) is 0 Å². The maximum atomic E-state index is 13.3. The van der Waals surface area contributed by atoms with Crippen molar-refractivity contribution < 1.29 is 31.1 Å². The van der Waals surface area contributed by atoms with Crippen LogP contribution in [0.1, 0.15) is 44.0 Å². The van der Waals surface area contributed by atoms with Gasteiger partial charge in [0.15, 0.2) is 5.13 Å². The summed E-state index contributed by atoms with van der Waals surface area (Å²) in [5, 5.41) is 18.7. The number of hydrogen-bond donors (Lipinski definition) is 1. The second-order valence-corrected chi connectivity index (χ2v) is 11.3. The SMILES string of the molecule is COCCCS(=O)(=O)NC(=O)c1nc(N(Cc2ccc(C(F)(F)F)c(C#N)c2)c2ccc(C#N)cc2)sc1C. The number of methoxy groups -OCH3 is 1. The Labute approximate surface area is 227 Å². The second kappa shape index (κ2) is 12.3. The first-order chi connectivity index (χ1) is 18.4. The molecule has 1 heterocycles. The molecule has 204 valence electrons. The van der Waals surface area contributed by atoms with E-state index in [2.05, 4.69) is 4.98 Å². The molecule has 0 atom stereocenters. The maximum Gasteiger partial charge on any atom is 0.417 e. The molecule has 1 aromatic heterocycles. The topological polar surface area (TPSA) is 136 Å². The number of benzene rings is 2. The predicted octanol–water partition coefficient (Wildman–Crippen LogP) is 4.65. The van der Waals surface area contributed by atoms with Crippen molar-refractivity contribution in [1.82, 2.24) is 9.71 Å². The molecule has 0 bridgehead atoms. The molecular weight excluding hydrogens is 555 g/mol. The van der Waals surface area contributed by atoms with Gasteiger partial charge in [-0.25, -0.2) is 18.1 Å². The number of aromatic nitrogens is 1. The van der Waals surface area contributed by atoms with Gasteiger partial charge in [-0.05, 0) is 55.3 Å². The first-order valence-corrected chi connectivity index (χ1v) is 13.7. The summed E-state index contributed by atoms with van der Waals surface area (Å²) in [6.45, 7) is 1.74. The van der Waals surface area contributed by atoms with Crippen molar-refractivity contribution in [2.45, 2.75) is 26.1 Å². The van der Waals surface area contributed by atoms with E-state index < -0.39 is 33.2 Å². The Morgan fingerprint density at radius 3 is 2.44 bits per heavy atom. The average molecular weight is 578 g/mol. The van der Waals surface area contributed by atoms with Crippen molar-refractivity contribution in [1.29, 1.82) is 10.5 Å². The summed E-state index contributed by atoms with van der Waals surface area (Å²) < 4.78 is 71.2. The van der Waals surface area contributed by atoms with Crippen LogP contribution < -0.4 is 9.62 Å². The van der Waals surface area contributed by atoms with Crippen LogP contribution in [0.4, 0.5) is 24.0 Å². The summed E-state index contributed by atoms with van der Waals surface area (Å²) in [6, 6.07) is 13.0. The summed E-state index contributed by atoms with van der Waals surface area (Å²) in [4.78, 5) is 19.1. The van der Waals surface area contributed by atoms with Crippen molar-refractivity contribution in [2.75, 3.05) is 24.4 Å². The van der Waals surface area contributed by atoms with Gasteiger partial charge in [-0.15, -0.1) is 11.3 Å². The number of rotatable bonds is 10. The fraction of sp³-hybridized carbons (Fsp3) is 0.280. The molecule has 0 aliphatic heterocycles. The Hall–Kier alpha value is -3.98. The number of carbonyl (C=O) groups is 1. The summed E-state index contributed by atoms with van der Waals surface area (Å²) in [5.41, 5.74) is -0.518. The van der Waals surface area contributed by atoms with Crippen LogP contribution in [0.25, 0.3) is 0 Å².